The van der Waals surface area contributed by atoms with Crippen LogP contribution in [0.2, 0.25) is 5.02 Å². The molecule has 140 valence electrons. The molecule has 0 bridgehead atoms. The maximum absolute atomic E-state index is 6.58. The van der Waals surface area contributed by atoms with Crippen LogP contribution in [-0.4, -0.2) is 16.1 Å². The van der Waals surface area contributed by atoms with E-state index < -0.39 is 0 Å². The monoisotopic (exact) mass is 388 g/mol. The fraction of sp³-hybridized carbons (Fsp3) is 0.208. The number of aromatic amines is 1. The fourth-order valence-corrected chi connectivity index (χ4v) is 4.11. The van der Waals surface area contributed by atoms with Gasteiger partial charge in [-0.1, -0.05) is 73.1 Å². The summed E-state index contributed by atoms with van der Waals surface area (Å²) in [4.78, 5) is 7.86. The predicted octanol–water partition coefficient (Wildman–Crippen LogP) is 6.73. The van der Waals surface area contributed by atoms with Crippen LogP contribution < -0.4 is 4.74 Å². The van der Waals surface area contributed by atoms with Crippen molar-refractivity contribution >= 4 is 22.6 Å². The molecule has 5 rings (SSSR count). The van der Waals surface area contributed by atoms with Gasteiger partial charge in [0.25, 0.3) is 6.01 Å². The molecule has 1 fully saturated rings. The summed E-state index contributed by atoms with van der Waals surface area (Å²) in [6.07, 6.45) is 2.46. The first kappa shape index (κ1) is 17.3. The molecular weight excluding hydrogens is 368 g/mol. The van der Waals surface area contributed by atoms with Gasteiger partial charge in [-0.25, -0.2) is 0 Å². The molecule has 1 saturated carbocycles. The van der Waals surface area contributed by atoms with E-state index in [0.29, 0.717) is 11.0 Å². The molecule has 3 nitrogen and oxygen atoms in total. The van der Waals surface area contributed by atoms with Gasteiger partial charge >= 0.3 is 0 Å². The highest BCUT2D eigenvalue weighted by molar-refractivity contribution is 6.34. The Bertz CT molecular complexity index is 1110. The number of benzene rings is 3. The molecule has 1 aliphatic rings. The topological polar surface area (TPSA) is 37.9 Å². The van der Waals surface area contributed by atoms with Crippen molar-refractivity contribution in [3.05, 3.63) is 71.8 Å². The van der Waals surface area contributed by atoms with Gasteiger partial charge in [-0.05, 0) is 47.6 Å². The fourth-order valence-electron chi connectivity index (χ4n) is 3.84. The smallest absolute Gasteiger partial charge is 0.294 e. The van der Waals surface area contributed by atoms with Crippen LogP contribution in [0.5, 0.6) is 6.01 Å². The first-order valence-corrected chi connectivity index (χ1v) is 10.1. The van der Waals surface area contributed by atoms with Crippen LogP contribution in [0, 0.1) is 5.92 Å². The molecule has 0 atom stereocenters. The molecule has 28 heavy (non-hydrogen) atoms. The van der Waals surface area contributed by atoms with Gasteiger partial charge in [-0.15, -0.1) is 0 Å². The van der Waals surface area contributed by atoms with Crippen molar-refractivity contribution in [3.8, 4) is 28.3 Å². The van der Waals surface area contributed by atoms with Crippen molar-refractivity contribution in [2.75, 3.05) is 0 Å². The summed E-state index contributed by atoms with van der Waals surface area (Å²) >= 11 is 6.58. The lowest BCUT2D eigenvalue weighted by molar-refractivity contribution is 0.0661. The standard InChI is InChI=1S/C24H21ClN2O/c1-15-11-19(12-15)28-24-26-22-13-20(21(25)14-23(22)27-24)18-9-7-17(8-10-18)16-5-3-2-4-6-16/h2-10,13-15,19H,11-12H2,1H3,(H,26,27). The molecular formula is C24H21ClN2O. The Balaban J connectivity index is 1.44. The van der Waals surface area contributed by atoms with Crippen molar-refractivity contribution in [2.24, 2.45) is 5.92 Å². The first-order chi connectivity index (χ1) is 13.7. The quantitative estimate of drug-likeness (QED) is 0.421. The van der Waals surface area contributed by atoms with Crippen LogP contribution in [0.15, 0.2) is 66.7 Å². The van der Waals surface area contributed by atoms with E-state index in [-0.39, 0.29) is 6.10 Å². The normalized spacial score (nSPS) is 18.8. The summed E-state index contributed by atoms with van der Waals surface area (Å²) in [7, 11) is 0. The summed E-state index contributed by atoms with van der Waals surface area (Å²) in [5.74, 6) is 0.745. The van der Waals surface area contributed by atoms with Gasteiger partial charge in [0.2, 0.25) is 0 Å². The zero-order valence-corrected chi connectivity index (χ0v) is 16.4. The molecule has 1 N–H and O–H groups in total. The highest BCUT2D eigenvalue weighted by Gasteiger charge is 2.28. The third-order valence-electron chi connectivity index (χ3n) is 5.46. The summed E-state index contributed by atoms with van der Waals surface area (Å²) < 4.78 is 5.95. The summed E-state index contributed by atoms with van der Waals surface area (Å²) in [5.41, 5.74) is 6.21. The van der Waals surface area contributed by atoms with E-state index in [9.17, 15) is 0 Å². The summed E-state index contributed by atoms with van der Waals surface area (Å²) in [5, 5.41) is 0.701. The average Bonchev–Trinajstić information content (AvgIpc) is 3.08. The number of nitrogens with one attached hydrogen (secondary N) is 1. The van der Waals surface area contributed by atoms with Gasteiger partial charge < -0.3 is 9.72 Å². The summed E-state index contributed by atoms with van der Waals surface area (Å²) in [6.45, 7) is 2.24. The number of nitrogens with zero attached hydrogens (tertiary/aromatic N) is 1. The number of halogens is 1. The van der Waals surface area contributed by atoms with E-state index in [2.05, 4.69) is 65.4 Å². The maximum atomic E-state index is 6.58. The first-order valence-electron chi connectivity index (χ1n) is 9.67. The Morgan fingerprint density at radius 2 is 1.61 bits per heavy atom. The minimum absolute atomic E-state index is 0.274. The van der Waals surface area contributed by atoms with Crippen LogP contribution in [0.1, 0.15) is 19.8 Å². The minimum Gasteiger partial charge on any atom is -0.461 e. The largest absolute Gasteiger partial charge is 0.461 e. The molecule has 1 aliphatic carbocycles. The predicted molar refractivity (Wildman–Crippen MR) is 115 cm³/mol. The molecule has 4 heteroatoms. The van der Waals surface area contributed by atoms with Gasteiger partial charge in [0.1, 0.15) is 6.10 Å². The Morgan fingerprint density at radius 3 is 2.32 bits per heavy atom. The second kappa shape index (κ2) is 6.99. The molecule has 0 unspecified atom stereocenters. The van der Waals surface area contributed by atoms with Crippen LogP contribution in [-0.2, 0) is 0 Å². The van der Waals surface area contributed by atoms with E-state index in [0.717, 1.165) is 40.9 Å². The third-order valence-corrected chi connectivity index (χ3v) is 5.77. The second-order valence-electron chi connectivity index (χ2n) is 7.65. The number of H-pyrrole nitrogens is 1. The van der Waals surface area contributed by atoms with E-state index in [4.69, 9.17) is 16.3 Å². The molecule has 0 saturated heterocycles. The second-order valence-corrected chi connectivity index (χ2v) is 8.06. The zero-order valence-electron chi connectivity index (χ0n) is 15.7. The Morgan fingerprint density at radius 1 is 0.929 bits per heavy atom. The molecule has 0 aliphatic heterocycles. The molecule has 0 radical (unpaired) electrons. The van der Waals surface area contributed by atoms with Crippen molar-refractivity contribution in [1.82, 2.24) is 9.97 Å². The number of ether oxygens (including phenoxy) is 1. The zero-order chi connectivity index (χ0) is 19.1. The van der Waals surface area contributed by atoms with Crippen LogP contribution in [0.25, 0.3) is 33.3 Å². The molecule has 1 heterocycles. The van der Waals surface area contributed by atoms with Gasteiger partial charge in [0, 0.05) is 5.56 Å². The lowest BCUT2D eigenvalue weighted by Crippen LogP contribution is -2.32. The number of imidazole rings is 1. The molecule has 0 spiro atoms. The average molecular weight is 389 g/mol. The lowest BCUT2D eigenvalue weighted by Gasteiger charge is -2.31. The van der Waals surface area contributed by atoms with Gasteiger partial charge in [-0.2, -0.15) is 4.98 Å². The van der Waals surface area contributed by atoms with Crippen molar-refractivity contribution < 1.29 is 4.74 Å². The number of hydrogen-bond donors (Lipinski definition) is 1. The van der Waals surface area contributed by atoms with Crippen LogP contribution in [0.3, 0.4) is 0 Å². The highest BCUT2D eigenvalue weighted by Crippen LogP contribution is 2.35. The lowest BCUT2D eigenvalue weighted by atomic mass is 9.84. The van der Waals surface area contributed by atoms with E-state index in [1.807, 2.05) is 18.2 Å². The minimum atomic E-state index is 0.274. The molecule has 0 amide bonds. The van der Waals surface area contributed by atoms with Crippen molar-refractivity contribution in [1.29, 1.82) is 0 Å². The van der Waals surface area contributed by atoms with Crippen LogP contribution in [0.4, 0.5) is 0 Å². The highest BCUT2D eigenvalue weighted by atomic mass is 35.5. The van der Waals surface area contributed by atoms with E-state index >= 15 is 0 Å². The Hall–Kier alpha value is -2.78. The number of hydrogen-bond acceptors (Lipinski definition) is 2. The van der Waals surface area contributed by atoms with Crippen molar-refractivity contribution in [2.45, 2.75) is 25.9 Å². The van der Waals surface area contributed by atoms with E-state index in [1.165, 1.54) is 11.1 Å². The molecule has 4 aromatic rings. The SMILES string of the molecule is CC1CC(Oc2nc3cc(-c4ccc(-c5ccccc5)cc4)c(Cl)cc3[nH]2)C1. The number of aromatic nitrogens is 2. The maximum Gasteiger partial charge on any atom is 0.294 e. The van der Waals surface area contributed by atoms with Gasteiger partial charge in [0.05, 0.1) is 16.1 Å². The van der Waals surface area contributed by atoms with Gasteiger partial charge in [0.15, 0.2) is 0 Å². The Kier molecular flexibility index (Phi) is 4.33. The third kappa shape index (κ3) is 3.27. The number of fused-ring (bicyclic) bond motifs is 1. The van der Waals surface area contributed by atoms with Crippen LogP contribution >= 0.6 is 11.6 Å². The van der Waals surface area contributed by atoms with Gasteiger partial charge in [-0.3, -0.25) is 0 Å². The van der Waals surface area contributed by atoms with Crippen molar-refractivity contribution in [3.63, 3.8) is 0 Å². The Labute approximate surface area is 169 Å². The molecule has 1 aromatic heterocycles. The summed E-state index contributed by atoms with van der Waals surface area (Å²) in [6, 6.07) is 23.4. The molecule has 3 aromatic carbocycles. The van der Waals surface area contributed by atoms with E-state index in [1.54, 1.807) is 0 Å². The number of rotatable bonds is 4.